The average Bonchev–Trinajstić information content (AvgIpc) is 3.15. The molecule has 1 heterocycles. The van der Waals surface area contributed by atoms with Crippen LogP contribution in [0.2, 0.25) is 10.0 Å². The fraction of sp³-hybridized carbons (Fsp3) is 0.154. The average molecular weight is 480 g/mol. The van der Waals surface area contributed by atoms with Crippen molar-refractivity contribution in [3.8, 4) is 5.75 Å². The summed E-state index contributed by atoms with van der Waals surface area (Å²) in [5.41, 5.74) is 4.36. The first-order chi connectivity index (χ1) is 15.9. The zero-order chi connectivity index (χ0) is 23.4. The van der Waals surface area contributed by atoms with E-state index in [1.807, 2.05) is 79.2 Å². The third-order valence-electron chi connectivity index (χ3n) is 5.25. The van der Waals surface area contributed by atoms with E-state index in [-0.39, 0.29) is 5.91 Å². The van der Waals surface area contributed by atoms with Gasteiger partial charge < -0.3 is 10.1 Å². The number of benzene rings is 3. The molecule has 7 heteroatoms. The molecule has 0 saturated carbocycles. The molecule has 0 aliphatic rings. The van der Waals surface area contributed by atoms with Crippen molar-refractivity contribution in [1.29, 1.82) is 0 Å². The number of hydrogen-bond acceptors (Lipinski definition) is 3. The molecule has 1 N–H and O–H groups in total. The van der Waals surface area contributed by atoms with Crippen LogP contribution in [0.3, 0.4) is 0 Å². The summed E-state index contributed by atoms with van der Waals surface area (Å²) in [7, 11) is 0. The quantitative estimate of drug-likeness (QED) is 0.321. The minimum Gasteiger partial charge on any atom is -0.489 e. The van der Waals surface area contributed by atoms with Crippen molar-refractivity contribution in [2.24, 2.45) is 0 Å². The van der Waals surface area contributed by atoms with Crippen LogP contribution in [-0.2, 0) is 13.2 Å². The molecule has 4 rings (SSSR count). The second-order valence-corrected chi connectivity index (χ2v) is 8.59. The number of anilines is 1. The van der Waals surface area contributed by atoms with Crippen LogP contribution >= 0.6 is 23.2 Å². The predicted octanol–water partition coefficient (Wildman–Crippen LogP) is 6.69. The highest BCUT2D eigenvalue weighted by molar-refractivity contribution is 6.31. The van der Waals surface area contributed by atoms with Gasteiger partial charge in [-0.3, -0.25) is 9.48 Å². The van der Waals surface area contributed by atoms with Crippen LogP contribution in [0.15, 0.2) is 72.8 Å². The molecule has 1 amide bonds. The van der Waals surface area contributed by atoms with E-state index in [0.29, 0.717) is 34.6 Å². The first-order valence-electron chi connectivity index (χ1n) is 10.5. The van der Waals surface area contributed by atoms with E-state index in [9.17, 15) is 4.79 Å². The Bertz CT molecular complexity index is 1280. The molecule has 5 nitrogen and oxygen atoms in total. The van der Waals surface area contributed by atoms with Gasteiger partial charge in [-0.25, -0.2) is 0 Å². The lowest BCUT2D eigenvalue weighted by atomic mass is 10.1. The molecular formula is C26H23Cl2N3O2. The van der Waals surface area contributed by atoms with Crippen LogP contribution in [0.1, 0.15) is 32.7 Å². The Kier molecular flexibility index (Phi) is 7.02. The third kappa shape index (κ3) is 5.75. The largest absolute Gasteiger partial charge is 0.489 e. The number of rotatable bonds is 7. The Morgan fingerprint density at radius 3 is 2.45 bits per heavy atom. The standard InChI is InChI=1S/C26H23Cl2N3O2/c1-17-13-22(11-12-23(17)27)33-16-19-7-9-20(10-8-19)26(32)29-25-14-18(2)31(30-25)15-21-5-3-4-6-24(21)28/h3-14H,15-16H2,1-2H3,(H,29,30,32). The highest BCUT2D eigenvalue weighted by atomic mass is 35.5. The maximum atomic E-state index is 12.7. The Labute approximate surface area is 202 Å². The SMILES string of the molecule is Cc1cc(OCc2ccc(C(=O)Nc3cc(C)n(Cc4ccccc4Cl)n3)cc2)ccc1Cl. The molecule has 3 aromatic carbocycles. The highest BCUT2D eigenvalue weighted by Gasteiger charge is 2.11. The van der Waals surface area contributed by atoms with Gasteiger partial charge in [0.25, 0.3) is 5.91 Å². The first-order valence-corrected chi connectivity index (χ1v) is 11.2. The molecule has 33 heavy (non-hydrogen) atoms. The van der Waals surface area contributed by atoms with E-state index in [1.54, 1.807) is 12.1 Å². The summed E-state index contributed by atoms with van der Waals surface area (Å²) in [6.07, 6.45) is 0. The van der Waals surface area contributed by atoms with Crippen molar-refractivity contribution in [3.05, 3.63) is 111 Å². The lowest BCUT2D eigenvalue weighted by molar-refractivity contribution is 0.102. The van der Waals surface area contributed by atoms with E-state index in [1.165, 1.54) is 0 Å². The van der Waals surface area contributed by atoms with E-state index in [4.69, 9.17) is 27.9 Å². The van der Waals surface area contributed by atoms with Gasteiger partial charge >= 0.3 is 0 Å². The Hall–Kier alpha value is -3.28. The van der Waals surface area contributed by atoms with Gasteiger partial charge in [-0.15, -0.1) is 0 Å². The normalized spacial score (nSPS) is 10.8. The van der Waals surface area contributed by atoms with Gasteiger partial charge in [0.1, 0.15) is 12.4 Å². The summed E-state index contributed by atoms with van der Waals surface area (Å²) in [4.78, 5) is 12.7. The molecule has 4 aromatic rings. The number of hydrogen-bond donors (Lipinski definition) is 1. The molecule has 0 unspecified atom stereocenters. The molecule has 0 atom stereocenters. The van der Waals surface area contributed by atoms with Crippen LogP contribution < -0.4 is 10.1 Å². The number of nitrogens with one attached hydrogen (secondary N) is 1. The number of aryl methyl sites for hydroxylation is 2. The third-order valence-corrected chi connectivity index (χ3v) is 6.04. The second-order valence-electron chi connectivity index (χ2n) is 7.77. The summed E-state index contributed by atoms with van der Waals surface area (Å²) in [5, 5.41) is 8.76. The first kappa shape index (κ1) is 22.9. The van der Waals surface area contributed by atoms with E-state index >= 15 is 0 Å². The van der Waals surface area contributed by atoms with Crippen molar-refractivity contribution in [2.75, 3.05) is 5.32 Å². The molecule has 168 valence electrons. The Balaban J connectivity index is 1.36. The summed E-state index contributed by atoms with van der Waals surface area (Å²) in [6.45, 7) is 4.80. The zero-order valence-corrected chi connectivity index (χ0v) is 19.8. The summed E-state index contributed by atoms with van der Waals surface area (Å²) in [6, 6.07) is 22.3. The van der Waals surface area contributed by atoms with E-state index in [2.05, 4.69) is 10.4 Å². The molecular weight excluding hydrogens is 457 g/mol. The van der Waals surface area contributed by atoms with Crippen molar-refractivity contribution < 1.29 is 9.53 Å². The van der Waals surface area contributed by atoms with Gasteiger partial charge in [0.05, 0.1) is 6.54 Å². The summed E-state index contributed by atoms with van der Waals surface area (Å²) < 4.78 is 7.63. The molecule has 0 spiro atoms. The van der Waals surface area contributed by atoms with Crippen LogP contribution in [0, 0.1) is 13.8 Å². The smallest absolute Gasteiger partial charge is 0.256 e. The fourth-order valence-electron chi connectivity index (χ4n) is 3.33. The molecule has 0 radical (unpaired) electrons. The number of halogens is 2. The monoisotopic (exact) mass is 479 g/mol. The summed E-state index contributed by atoms with van der Waals surface area (Å²) >= 11 is 12.3. The maximum absolute atomic E-state index is 12.7. The molecule has 0 aliphatic heterocycles. The van der Waals surface area contributed by atoms with Crippen LogP contribution in [0.4, 0.5) is 5.82 Å². The van der Waals surface area contributed by atoms with Crippen molar-refractivity contribution in [2.45, 2.75) is 27.0 Å². The highest BCUT2D eigenvalue weighted by Crippen LogP contribution is 2.22. The van der Waals surface area contributed by atoms with E-state index < -0.39 is 0 Å². The number of carbonyl (C=O) groups is 1. The van der Waals surface area contributed by atoms with Gasteiger partial charge in [-0.05, 0) is 66.9 Å². The number of aromatic nitrogens is 2. The van der Waals surface area contributed by atoms with Crippen molar-refractivity contribution >= 4 is 34.9 Å². The fourth-order valence-corrected chi connectivity index (χ4v) is 3.65. The number of amides is 1. The summed E-state index contributed by atoms with van der Waals surface area (Å²) in [5.74, 6) is 1.02. The Morgan fingerprint density at radius 2 is 1.73 bits per heavy atom. The lowest BCUT2D eigenvalue weighted by Gasteiger charge is -2.09. The number of nitrogens with zero attached hydrogens (tertiary/aromatic N) is 2. The van der Waals surface area contributed by atoms with Crippen LogP contribution in [0.5, 0.6) is 5.75 Å². The molecule has 0 saturated heterocycles. The zero-order valence-electron chi connectivity index (χ0n) is 18.3. The van der Waals surface area contributed by atoms with Crippen molar-refractivity contribution in [1.82, 2.24) is 9.78 Å². The topological polar surface area (TPSA) is 56.1 Å². The number of ether oxygens (including phenoxy) is 1. The van der Waals surface area contributed by atoms with Gasteiger partial charge in [0, 0.05) is 27.4 Å². The predicted molar refractivity (Wildman–Crippen MR) is 132 cm³/mol. The minimum atomic E-state index is -0.224. The number of carbonyl (C=O) groups excluding carboxylic acids is 1. The molecule has 0 bridgehead atoms. The Morgan fingerprint density at radius 1 is 0.970 bits per heavy atom. The lowest BCUT2D eigenvalue weighted by Crippen LogP contribution is -2.13. The van der Waals surface area contributed by atoms with E-state index in [0.717, 1.165) is 28.1 Å². The molecule has 1 aromatic heterocycles. The van der Waals surface area contributed by atoms with Gasteiger partial charge in [-0.1, -0.05) is 53.5 Å². The van der Waals surface area contributed by atoms with Crippen LogP contribution in [0.25, 0.3) is 0 Å². The second kappa shape index (κ2) is 10.1. The van der Waals surface area contributed by atoms with Gasteiger partial charge in [-0.2, -0.15) is 5.10 Å². The van der Waals surface area contributed by atoms with Crippen molar-refractivity contribution in [3.63, 3.8) is 0 Å². The minimum absolute atomic E-state index is 0.224. The maximum Gasteiger partial charge on any atom is 0.256 e. The van der Waals surface area contributed by atoms with Crippen LogP contribution in [-0.4, -0.2) is 15.7 Å². The van der Waals surface area contributed by atoms with Gasteiger partial charge in [0.15, 0.2) is 5.82 Å². The molecule has 0 aliphatic carbocycles. The van der Waals surface area contributed by atoms with Gasteiger partial charge in [0.2, 0.25) is 0 Å². The molecule has 0 fully saturated rings.